The van der Waals surface area contributed by atoms with Crippen molar-refractivity contribution in [1.82, 2.24) is 9.78 Å². The van der Waals surface area contributed by atoms with Crippen LogP contribution in [0.5, 0.6) is 0 Å². The van der Waals surface area contributed by atoms with E-state index >= 15 is 0 Å². The molecule has 2 rings (SSSR count). The largest absolute Gasteiger partial charge is 0.395 e. The Morgan fingerprint density at radius 1 is 1.41 bits per heavy atom. The summed E-state index contributed by atoms with van der Waals surface area (Å²) < 4.78 is 1.78. The normalized spacial score (nSPS) is 12.6. The van der Waals surface area contributed by atoms with Gasteiger partial charge in [-0.05, 0) is 17.5 Å². The Morgan fingerprint density at radius 3 is 2.88 bits per heavy atom. The molecule has 4 heteroatoms. The molecule has 1 aromatic carbocycles. The summed E-state index contributed by atoms with van der Waals surface area (Å²) in [6.07, 6.45) is 4.50. The Kier molecular flexibility index (Phi) is 3.56. The van der Waals surface area contributed by atoms with Gasteiger partial charge in [-0.3, -0.25) is 4.68 Å². The van der Waals surface area contributed by atoms with E-state index in [9.17, 15) is 0 Å². The van der Waals surface area contributed by atoms with Crippen molar-refractivity contribution in [2.45, 2.75) is 12.5 Å². The van der Waals surface area contributed by atoms with Crippen LogP contribution >= 0.6 is 0 Å². The molecule has 0 saturated carbocycles. The highest BCUT2D eigenvalue weighted by molar-refractivity contribution is 5.62. The van der Waals surface area contributed by atoms with Crippen LogP contribution < -0.4 is 5.73 Å². The van der Waals surface area contributed by atoms with Gasteiger partial charge in [0.1, 0.15) is 0 Å². The lowest BCUT2D eigenvalue weighted by atomic mass is 10.0. The highest BCUT2D eigenvalue weighted by atomic mass is 16.3. The predicted molar refractivity (Wildman–Crippen MR) is 67.4 cm³/mol. The fraction of sp³-hybridized carbons (Fsp3) is 0.308. The minimum Gasteiger partial charge on any atom is -0.395 e. The van der Waals surface area contributed by atoms with Crippen molar-refractivity contribution in [3.8, 4) is 11.1 Å². The zero-order valence-corrected chi connectivity index (χ0v) is 9.87. The number of nitrogens with two attached hydrogens (primary N) is 1. The van der Waals surface area contributed by atoms with Crippen molar-refractivity contribution in [2.75, 3.05) is 6.61 Å². The summed E-state index contributed by atoms with van der Waals surface area (Å²) in [5.74, 6) is 0. The van der Waals surface area contributed by atoms with E-state index in [1.165, 1.54) is 0 Å². The maximum Gasteiger partial charge on any atom is 0.0585 e. The average Bonchev–Trinajstić information content (AvgIpc) is 2.76. The second kappa shape index (κ2) is 5.12. The minimum atomic E-state index is -0.195. The zero-order chi connectivity index (χ0) is 12.3. The van der Waals surface area contributed by atoms with Gasteiger partial charge in [-0.2, -0.15) is 5.10 Å². The predicted octanol–water partition coefficient (Wildman–Crippen LogP) is 0.949. The molecule has 0 saturated heterocycles. The Balaban J connectivity index is 2.22. The van der Waals surface area contributed by atoms with Crippen molar-refractivity contribution in [1.29, 1.82) is 0 Å². The van der Waals surface area contributed by atoms with Crippen LogP contribution in [-0.4, -0.2) is 27.5 Å². The number of benzene rings is 1. The van der Waals surface area contributed by atoms with Crippen LogP contribution in [0.1, 0.15) is 5.56 Å². The van der Waals surface area contributed by atoms with Crippen LogP contribution in [-0.2, 0) is 13.5 Å². The van der Waals surface area contributed by atoms with Crippen molar-refractivity contribution in [3.05, 3.63) is 42.2 Å². The molecule has 0 radical (unpaired) electrons. The first-order chi connectivity index (χ1) is 8.19. The fourth-order valence-corrected chi connectivity index (χ4v) is 1.82. The molecule has 1 atom stereocenters. The van der Waals surface area contributed by atoms with Crippen molar-refractivity contribution < 1.29 is 5.11 Å². The van der Waals surface area contributed by atoms with E-state index in [2.05, 4.69) is 11.2 Å². The van der Waals surface area contributed by atoms with Crippen molar-refractivity contribution in [2.24, 2.45) is 12.8 Å². The van der Waals surface area contributed by atoms with Gasteiger partial charge in [0.05, 0.1) is 12.8 Å². The average molecular weight is 231 g/mol. The monoisotopic (exact) mass is 231 g/mol. The number of nitrogens with zero attached hydrogens (tertiary/aromatic N) is 2. The summed E-state index contributed by atoms with van der Waals surface area (Å²) >= 11 is 0. The van der Waals surface area contributed by atoms with E-state index in [1.807, 2.05) is 37.6 Å². The number of aliphatic hydroxyl groups excluding tert-OH is 1. The van der Waals surface area contributed by atoms with Crippen LogP contribution in [0.2, 0.25) is 0 Å². The lowest BCUT2D eigenvalue weighted by molar-refractivity contribution is 0.265. The summed E-state index contributed by atoms with van der Waals surface area (Å²) in [5.41, 5.74) is 9.08. The molecule has 0 aliphatic rings. The first kappa shape index (κ1) is 11.8. The van der Waals surface area contributed by atoms with Crippen LogP contribution in [0.3, 0.4) is 0 Å². The molecule has 3 N–H and O–H groups in total. The minimum absolute atomic E-state index is 0.0110. The van der Waals surface area contributed by atoms with Gasteiger partial charge < -0.3 is 10.8 Å². The third kappa shape index (κ3) is 2.93. The van der Waals surface area contributed by atoms with E-state index in [4.69, 9.17) is 10.8 Å². The first-order valence-electron chi connectivity index (χ1n) is 5.63. The van der Waals surface area contributed by atoms with E-state index in [0.717, 1.165) is 16.7 Å². The molecular formula is C13H17N3O. The van der Waals surface area contributed by atoms with E-state index in [-0.39, 0.29) is 12.6 Å². The van der Waals surface area contributed by atoms with Gasteiger partial charge >= 0.3 is 0 Å². The van der Waals surface area contributed by atoms with Gasteiger partial charge in [0.15, 0.2) is 0 Å². The fourth-order valence-electron chi connectivity index (χ4n) is 1.82. The molecule has 90 valence electrons. The smallest absolute Gasteiger partial charge is 0.0585 e. The molecule has 0 fully saturated rings. The Labute approximate surface area is 101 Å². The lowest BCUT2D eigenvalue weighted by Gasteiger charge is -2.08. The molecule has 4 nitrogen and oxygen atoms in total. The molecule has 1 heterocycles. The number of hydrogen-bond acceptors (Lipinski definition) is 3. The van der Waals surface area contributed by atoms with E-state index in [1.54, 1.807) is 4.68 Å². The van der Waals surface area contributed by atoms with E-state index < -0.39 is 0 Å². The van der Waals surface area contributed by atoms with Crippen LogP contribution in [0.25, 0.3) is 11.1 Å². The second-order valence-electron chi connectivity index (χ2n) is 4.25. The number of hydrogen-bond donors (Lipinski definition) is 2. The topological polar surface area (TPSA) is 64.1 Å². The highest BCUT2D eigenvalue weighted by Gasteiger charge is 2.05. The summed E-state index contributed by atoms with van der Waals surface area (Å²) in [4.78, 5) is 0. The first-order valence-corrected chi connectivity index (χ1v) is 5.63. The van der Waals surface area contributed by atoms with Gasteiger partial charge in [0.25, 0.3) is 0 Å². The third-order valence-electron chi connectivity index (χ3n) is 2.70. The van der Waals surface area contributed by atoms with Crippen LogP contribution in [0, 0.1) is 0 Å². The number of aliphatic hydroxyl groups is 1. The molecule has 0 aliphatic carbocycles. The highest BCUT2D eigenvalue weighted by Crippen LogP contribution is 2.19. The SMILES string of the molecule is Cn1cc(-c2cccc(CC(N)CO)c2)cn1. The lowest BCUT2D eigenvalue weighted by Crippen LogP contribution is -2.26. The zero-order valence-electron chi connectivity index (χ0n) is 9.87. The maximum absolute atomic E-state index is 8.95. The molecule has 17 heavy (non-hydrogen) atoms. The van der Waals surface area contributed by atoms with Crippen LogP contribution in [0.15, 0.2) is 36.7 Å². The Bertz CT molecular complexity index is 493. The summed E-state index contributed by atoms with van der Waals surface area (Å²) in [7, 11) is 1.90. The van der Waals surface area contributed by atoms with Gasteiger partial charge in [-0.15, -0.1) is 0 Å². The maximum atomic E-state index is 8.95. The molecule has 0 aliphatic heterocycles. The molecule has 2 aromatic rings. The van der Waals surface area contributed by atoms with Crippen molar-refractivity contribution in [3.63, 3.8) is 0 Å². The number of rotatable bonds is 4. The molecule has 0 bridgehead atoms. The number of aromatic nitrogens is 2. The molecule has 1 aromatic heterocycles. The Morgan fingerprint density at radius 2 is 2.24 bits per heavy atom. The third-order valence-corrected chi connectivity index (χ3v) is 2.70. The molecule has 1 unspecified atom stereocenters. The summed E-state index contributed by atoms with van der Waals surface area (Å²) in [6, 6.07) is 7.97. The van der Waals surface area contributed by atoms with Gasteiger partial charge in [0, 0.05) is 24.8 Å². The van der Waals surface area contributed by atoms with Gasteiger partial charge in [0.2, 0.25) is 0 Å². The van der Waals surface area contributed by atoms with Gasteiger partial charge in [-0.1, -0.05) is 24.3 Å². The van der Waals surface area contributed by atoms with Gasteiger partial charge in [-0.25, -0.2) is 0 Å². The molecule has 0 amide bonds. The van der Waals surface area contributed by atoms with Crippen LogP contribution in [0.4, 0.5) is 0 Å². The Hall–Kier alpha value is -1.65. The summed E-state index contributed by atoms with van der Waals surface area (Å²) in [5, 5.41) is 13.1. The van der Waals surface area contributed by atoms with E-state index in [0.29, 0.717) is 6.42 Å². The van der Waals surface area contributed by atoms with Crippen molar-refractivity contribution >= 4 is 0 Å². The summed E-state index contributed by atoms with van der Waals surface area (Å²) in [6.45, 7) is 0.0110. The second-order valence-corrected chi connectivity index (χ2v) is 4.25. The quantitative estimate of drug-likeness (QED) is 0.823. The molecule has 0 spiro atoms. The number of aryl methyl sites for hydroxylation is 1. The molecular weight excluding hydrogens is 214 g/mol. The standard InChI is InChI=1S/C13H17N3O/c1-16-8-12(7-15-16)11-4-2-3-10(5-11)6-13(14)9-17/h2-5,7-8,13,17H,6,9,14H2,1H3.